The van der Waals surface area contributed by atoms with Crippen LogP contribution in [0.5, 0.6) is 0 Å². The molecule has 0 unspecified atom stereocenters. The monoisotopic (exact) mass is 263 g/mol. The standard InChI is InChI=1S/C14H25N5/c15-7-10-19-12-13(16-17-19)11-18-8-5-14(6-9-18)3-1-2-4-14/h12H,1-11,15H2. The molecule has 1 aromatic rings. The zero-order valence-electron chi connectivity index (χ0n) is 11.7. The van der Waals surface area contributed by atoms with Crippen molar-refractivity contribution in [1.82, 2.24) is 19.9 Å². The summed E-state index contributed by atoms with van der Waals surface area (Å²) in [6.45, 7) is 4.78. The largest absolute Gasteiger partial charge is 0.329 e. The smallest absolute Gasteiger partial charge is 0.0967 e. The molecule has 0 aromatic carbocycles. The highest BCUT2D eigenvalue weighted by molar-refractivity contribution is 4.95. The molecule has 19 heavy (non-hydrogen) atoms. The van der Waals surface area contributed by atoms with E-state index in [2.05, 4.69) is 15.2 Å². The van der Waals surface area contributed by atoms with Crippen LogP contribution < -0.4 is 5.73 Å². The normalized spacial score (nSPS) is 23.2. The van der Waals surface area contributed by atoms with E-state index in [1.807, 2.05) is 10.9 Å². The maximum atomic E-state index is 5.52. The highest BCUT2D eigenvalue weighted by atomic mass is 15.4. The predicted molar refractivity (Wildman–Crippen MR) is 74.5 cm³/mol. The van der Waals surface area contributed by atoms with E-state index >= 15 is 0 Å². The third kappa shape index (κ3) is 2.98. The topological polar surface area (TPSA) is 60.0 Å². The fraction of sp³-hybridized carbons (Fsp3) is 0.857. The van der Waals surface area contributed by atoms with Crippen LogP contribution in [-0.4, -0.2) is 39.5 Å². The molecule has 2 fully saturated rings. The van der Waals surface area contributed by atoms with Crippen molar-refractivity contribution in [3.05, 3.63) is 11.9 Å². The maximum absolute atomic E-state index is 5.52. The van der Waals surface area contributed by atoms with Crippen LogP contribution in [0.3, 0.4) is 0 Å². The van der Waals surface area contributed by atoms with E-state index in [1.165, 1.54) is 51.6 Å². The number of hydrogen-bond donors (Lipinski definition) is 1. The lowest BCUT2D eigenvalue weighted by Crippen LogP contribution is -2.38. The van der Waals surface area contributed by atoms with Gasteiger partial charge in [0.2, 0.25) is 0 Å². The van der Waals surface area contributed by atoms with Crippen LogP contribution in [0, 0.1) is 5.41 Å². The van der Waals surface area contributed by atoms with E-state index in [4.69, 9.17) is 5.73 Å². The van der Waals surface area contributed by atoms with Crippen molar-refractivity contribution < 1.29 is 0 Å². The number of piperidine rings is 1. The summed E-state index contributed by atoms with van der Waals surface area (Å²) >= 11 is 0. The molecule has 1 aliphatic heterocycles. The first-order chi connectivity index (χ1) is 9.30. The van der Waals surface area contributed by atoms with Crippen molar-refractivity contribution in [2.75, 3.05) is 19.6 Å². The Morgan fingerprint density at radius 3 is 2.58 bits per heavy atom. The Hall–Kier alpha value is -0.940. The summed E-state index contributed by atoms with van der Waals surface area (Å²) < 4.78 is 1.84. The molecule has 0 radical (unpaired) electrons. The molecule has 1 aliphatic carbocycles. The van der Waals surface area contributed by atoms with Crippen molar-refractivity contribution >= 4 is 0 Å². The highest BCUT2D eigenvalue weighted by Crippen LogP contribution is 2.46. The molecule has 5 heteroatoms. The molecular formula is C14H25N5. The van der Waals surface area contributed by atoms with Gasteiger partial charge in [0.1, 0.15) is 0 Å². The van der Waals surface area contributed by atoms with Gasteiger partial charge < -0.3 is 5.73 Å². The fourth-order valence-corrected chi connectivity index (χ4v) is 3.69. The number of nitrogens with zero attached hydrogens (tertiary/aromatic N) is 4. The Morgan fingerprint density at radius 1 is 1.16 bits per heavy atom. The summed E-state index contributed by atoms with van der Waals surface area (Å²) in [5.41, 5.74) is 7.30. The van der Waals surface area contributed by atoms with Gasteiger partial charge in [-0.25, -0.2) is 0 Å². The highest BCUT2D eigenvalue weighted by Gasteiger charge is 2.36. The van der Waals surface area contributed by atoms with Gasteiger partial charge in [0.05, 0.1) is 12.2 Å². The van der Waals surface area contributed by atoms with Crippen molar-refractivity contribution in [3.63, 3.8) is 0 Å². The number of rotatable bonds is 4. The summed E-state index contributed by atoms with van der Waals surface area (Å²) in [7, 11) is 0. The Kier molecular flexibility index (Phi) is 3.84. The lowest BCUT2D eigenvalue weighted by molar-refractivity contribution is 0.103. The number of likely N-dealkylation sites (tertiary alicyclic amines) is 1. The Morgan fingerprint density at radius 2 is 1.89 bits per heavy atom. The maximum Gasteiger partial charge on any atom is 0.0967 e. The molecule has 5 nitrogen and oxygen atoms in total. The summed E-state index contributed by atoms with van der Waals surface area (Å²) in [5.74, 6) is 0. The van der Waals surface area contributed by atoms with Crippen LogP contribution in [0.2, 0.25) is 0 Å². The first-order valence-corrected chi connectivity index (χ1v) is 7.61. The van der Waals surface area contributed by atoms with Crippen molar-refractivity contribution in [3.8, 4) is 0 Å². The third-order valence-corrected chi connectivity index (χ3v) is 4.91. The predicted octanol–water partition coefficient (Wildman–Crippen LogP) is 1.39. The van der Waals surface area contributed by atoms with E-state index in [-0.39, 0.29) is 0 Å². The van der Waals surface area contributed by atoms with Gasteiger partial charge in [0.25, 0.3) is 0 Å². The van der Waals surface area contributed by atoms with Crippen LogP contribution in [0.1, 0.15) is 44.2 Å². The first kappa shape index (κ1) is 13.1. The van der Waals surface area contributed by atoms with Gasteiger partial charge in [0, 0.05) is 19.3 Å². The summed E-state index contributed by atoms with van der Waals surface area (Å²) in [6, 6.07) is 0. The molecule has 2 N–H and O–H groups in total. The molecule has 2 heterocycles. The van der Waals surface area contributed by atoms with Crippen molar-refractivity contribution in [1.29, 1.82) is 0 Å². The Balaban J connectivity index is 1.51. The number of hydrogen-bond acceptors (Lipinski definition) is 4. The molecule has 0 atom stereocenters. The SMILES string of the molecule is NCCn1cc(CN2CCC3(CCCC3)CC2)nn1. The van der Waals surface area contributed by atoms with E-state index in [1.54, 1.807) is 0 Å². The van der Waals surface area contributed by atoms with Crippen LogP contribution in [0.4, 0.5) is 0 Å². The zero-order valence-corrected chi connectivity index (χ0v) is 11.7. The molecule has 106 valence electrons. The second kappa shape index (κ2) is 5.59. The minimum Gasteiger partial charge on any atom is -0.329 e. The first-order valence-electron chi connectivity index (χ1n) is 7.61. The average molecular weight is 263 g/mol. The molecule has 2 aliphatic rings. The van der Waals surface area contributed by atoms with Crippen LogP contribution in [0.25, 0.3) is 0 Å². The van der Waals surface area contributed by atoms with Gasteiger partial charge in [-0.15, -0.1) is 5.10 Å². The minimum atomic E-state index is 0.620. The van der Waals surface area contributed by atoms with Crippen LogP contribution in [0.15, 0.2) is 6.20 Å². The lowest BCUT2D eigenvalue weighted by atomic mass is 9.77. The third-order valence-electron chi connectivity index (χ3n) is 4.91. The van der Waals surface area contributed by atoms with Crippen LogP contribution >= 0.6 is 0 Å². The van der Waals surface area contributed by atoms with Gasteiger partial charge in [-0.05, 0) is 44.2 Å². The minimum absolute atomic E-state index is 0.620. The lowest BCUT2D eigenvalue weighted by Gasteiger charge is -2.39. The molecule has 1 saturated heterocycles. The van der Waals surface area contributed by atoms with Gasteiger partial charge in [-0.3, -0.25) is 9.58 Å². The molecule has 1 saturated carbocycles. The van der Waals surface area contributed by atoms with E-state index in [0.29, 0.717) is 12.0 Å². The van der Waals surface area contributed by atoms with Gasteiger partial charge in [-0.2, -0.15) is 0 Å². The van der Waals surface area contributed by atoms with Crippen LogP contribution in [-0.2, 0) is 13.1 Å². The van der Waals surface area contributed by atoms with Gasteiger partial charge >= 0.3 is 0 Å². The van der Waals surface area contributed by atoms with Gasteiger partial charge in [-0.1, -0.05) is 18.1 Å². The summed E-state index contributed by atoms with van der Waals surface area (Å²) in [6.07, 6.45) is 10.6. The molecular weight excluding hydrogens is 238 g/mol. The average Bonchev–Trinajstić information content (AvgIpc) is 3.04. The molecule has 0 bridgehead atoms. The summed E-state index contributed by atoms with van der Waals surface area (Å²) in [5, 5.41) is 8.34. The second-order valence-corrected chi connectivity index (χ2v) is 6.24. The summed E-state index contributed by atoms with van der Waals surface area (Å²) in [4.78, 5) is 2.53. The quantitative estimate of drug-likeness (QED) is 0.892. The Labute approximate surface area is 115 Å². The fourth-order valence-electron chi connectivity index (χ4n) is 3.69. The van der Waals surface area contributed by atoms with E-state index in [0.717, 1.165) is 18.8 Å². The van der Waals surface area contributed by atoms with Crippen molar-refractivity contribution in [2.45, 2.75) is 51.6 Å². The van der Waals surface area contributed by atoms with Gasteiger partial charge in [0.15, 0.2) is 0 Å². The second-order valence-electron chi connectivity index (χ2n) is 6.24. The number of aromatic nitrogens is 3. The molecule has 0 amide bonds. The van der Waals surface area contributed by atoms with E-state index in [9.17, 15) is 0 Å². The Bertz CT molecular complexity index is 398. The number of nitrogens with two attached hydrogens (primary N) is 1. The van der Waals surface area contributed by atoms with E-state index < -0.39 is 0 Å². The molecule has 1 aromatic heterocycles. The zero-order chi connectivity index (χ0) is 13.1. The molecule has 3 rings (SSSR count). The van der Waals surface area contributed by atoms with Crippen molar-refractivity contribution in [2.24, 2.45) is 11.1 Å². The molecule has 1 spiro atoms.